The van der Waals surface area contributed by atoms with Crippen LogP contribution in [0.5, 0.6) is 0 Å². The van der Waals surface area contributed by atoms with Crippen molar-refractivity contribution < 1.29 is 22.7 Å². The fraction of sp³-hybridized carbons (Fsp3) is 0.273. The molecule has 1 aromatic carbocycles. The van der Waals surface area contributed by atoms with Crippen molar-refractivity contribution in [3.05, 3.63) is 64.7 Å². The third-order valence-electron chi connectivity index (χ3n) is 5.58. The van der Waals surface area contributed by atoms with E-state index in [1.807, 2.05) is 31.2 Å². The number of halogens is 3. The van der Waals surface area contributed by atoms with Crippen LogP contribution in [0.15, 0.2) is 36.4 Å². The zero-order valence-electron chi connectivity index (χ0n) is 17.2. The van der Waals surface area contributed by atoms with Gasteiger partial charge in [0, 0.05) is 23.7 Å². The van der Waals surface area contributed by atoms with E-state index in [0.29, 0.717) is 16.6 Å². The first kappa shape index (κ1) is 20.4. The summed E-state index contributed by atoms with van der Waals surface area (Å²) in [6.45, 7) is 1.89. The fourth-order valence-electron chi connectivity index (χ4n) is 4.15. The maximum Gasteiger partial charge on any atom is 0.433 e. The summed E-state index contributed by atoms with van der Waals surface area (Å²) in [4.78, 5) is 21.5. The van der Waals surface area contributed by atoms with E-state index in [0.717, 1.165) is 22.5 Å². The van der Waals surface area contributed by atoms with Gasteiger partial charge in [-0.2, -0.15) is 18.3 Å². The van der Waals surface area contributed by atoms with Gasteiger partial charge in [-0.25, -0.2) is 4.98 Å². The second kappa shape index (κ2) is 7.27. The Morgan fingerprint density at radius 1 is 1.19 bits per heavy atom. The summed E-state index contributed by atoms with van der Waals surface area (Å²) < 4.78 is 46.0. The minimum Gasteiger partial charge on any atom is -0.373 e. The zero-order chi connectivity index (χ0) is 22.6. The predicted molar refractivity (Wildman–Crippen MR) is 110 cm³/mol. The van der Waals surface area contributed by atoms with Crippen molar-refractivity contribution >= 4 is 27.7 Å². The van der Waals surface area contributed by atoms with E-state index in [-0.39, 0.29) is 24.6 Å². The standard InChI is InChI=1S/C22H18F3N5O2/c1-11-18-19(29-30(2)20(18)13-5-3-4-6-14(13)26-11)21(31)28-16-10-32-9-15-12(16)7-8-17(27-15)22(23,24)25/h3-8,16H,9-10H2,1-2H3,(H,28,31)/t16-/m1/s1. The molecule has 0 aliphatic carbocycles. The number of nitrogens with one attached hydrogen (secondary N) is 1. The maximum atomic E-state index is 13.2. The second-order valence-corrected chi connectivity index (χ2v) is 7.68. The highest BCUT2D eigenvalue weighted by Gasteiger charge is 2.35. The van der Waals surface area contributed by atoms with E-state index in [1.165, 1.54) is 6.07 Å². The molecule has 0 fully saturated rings. The van der Waals surface area contributed by atoms with Gasteiger partial charge in [-0.15, -0.1) is 0 Å². The smallest absolute Gasteiger partial charge is 0.373 e. The van der Waals surface area contributed by atoms with Gasteiger partial charge in [0.15, 0.2) is 5.69 Å². The molecule has 7 nitrogen and oxygen atoms in total. The molecule has 4 heterocycles. The quantitative estimate of drug-likeness (QED) is 0.511. The number of hydrogen-bond donors (Lipinski definition) is 1. The Morgan fingerprint density at radius 3 is 2.75 bits per heavy atom. The van der Waals surface area contributed by atoms with E-state index >= 15 is 0 Å². The molecule has 1 amide bonds. The van der Waals surface area contributed by atoms with E-state index in [9.17, 15) is 18.0 Å². The Bertz CT molecular complexity index is 1380. The summed E-state index contributed by atoms with van der Waals surface area (Å²) in [5.74, 6) is -0.461. The Kier molecular flexibility index (Phi) is 4.63. The van der Waals surface area contributed by atoms with Gasteiger partial charge in [-0.3, -0.25) is 14.5 Å². The summed E-state index contributed by atoms with van der Waals surface area (Å²) in [5.41, 5.74) is 2.11. The molecule has 1 aliphatic rings. The van der Waals surface area contributed by atoms with Gasteiger partial charge in [-0.05, 0) is 19.1 Å². The molecule has 0 spiro atoms. The highest BCUT2D eigenvalue weighted by atomic mass is 19.4. The Hall–Kier alpha value is -3.53. The van der Waals surface area contributed by atoms with Crippen LogP contribution in [-0.2, 0) is 24.6 Å². The lowest BCUT2D eigenvalue weighted by Gasteiger charge is -2.26. The van der Waals surface area contributed by atoms with Crippen molar-refractivity contribution in [3.8, 4) is 0 Å². The molecule has 164 valence electrons. The SMILES string of the molecule is Cc1nc2ccccc2c2c1c(C(=O)N[C@@H]1COCc3nc(C(F)(F)F)ccc31)nn2C. The number of alkyl halides is 3. The van der Waals surface area contributed by atoms with Crippen LogP contribution in [0.2, 0.25) is 0 Å². The molecule has 1 atom stereocenters. The van der Waals surface area contributed by atoms with Gasteiger partial charge in [-0.1, -0.05) is 24.3 Å². The van der Waals surface area contributed by atoms with E-state index in [2.05, 4.69) is 20.4 Å². The number of amides is 1. The normalized spacial score (nSPS) is 16.3. The number of aromatic nitrogens is 4. The minimum atomic E-state index is -4.55. The zero-order valence-corrected chi connectivity index (χ0v) is 17.2. The third kappa shape index (κ3) is 3.27. The number of rotatable bonds is 2. The van der Waals surface area contributed by atoms with Gasteiger partial charge in [0.25, 0.3) is 5.91 Å². The molecule has 3 aromatic heterocycles. The van der Waals surface area contributed by atoms with E-state index in [4.69, 9.17) is 4.74 Å². The highest BCUT2D eigenvalue weighted by Crippen LogP contribution is 2.32. The number of nitrogens with zero attached hydrogens (tertiary/aromatic N) is 4. The van der Waals surface area contributed by atoms with Crippen LogP contribution in [0.4, 0.5) is 13.2 Å². The molecule has 10 heteroatoms. The monoisotopic (exact) mass is 441 g/mol. The van der Waals surface area contributed by atoms with Gasteiger partial charge < -0.3 is 10.1 Å². The topological polar surface area (TPSA) is 81.9 Å². The molecule has 0 bridgehead atoms. The van der Waals surface area contributed by atoms with Gasteiger partial charge >= 0.3 is 6.18 Å². The molecule has 0 radical (unpaired) electrons. The van der Waals surface area contributed by atoms with Crippen molar-refractivity contribution in [3.63, 3.8) is 0 Å². The Morgan fingerprint density at radius 2 is 1.97 bits per heavy atom. The number of fused-ring (bicyclic) bond motifs is 4. The van der Waals surface area contributed by atoms with Crippen LogP contribution < -0.4 is 5.32 Å². The third-order valence-corrected chi connectivity index (χ3v) is 5.58. The van der Waals surface area contributed by atoms with Crippen molar-refractivity contribution in [2.75, 3.05) is 6.61 Å². The van der Waals surface area contributed by atoms with Gasteiger partial charge in [0.1, 0.15) is 5.69 Å². The van der Waals surface area contributed by atoms with Crippen LogP contribution in [-0.4, -0.2) is 32.3 Å². The first-order valence-corrected chi connectivity index (χ1v) is 9.91. The van der Waals surface area contributed by atoms with Crippen LogP contribution in [0.25, 0.3) is 21.8 Å². The number of carbonyl (C=O) groups is 1. The molecule has 1 N–H and O–H groups in total. The number of hydrogen-bond acceptors (Lipinski definition) is 5. The summed E-state index contributed by atoms with van der Waals surface area (Å²) in [6.07, 6.45) is -4.55. The van der Waals surface area contributed by atoms with Gasteiger partial charge in [0.05, 0.1) is 41.4 Å². The number of aryl methyl sites for hydroxylation is 2. The van der Waals surface area contributed by atoms with Crippen LogP contribution in [0.1, 0.15) is 39.2 Å². The number of pyridine rings is 2. The molecule has 1 aliphatic heterocycles. The molecule has 5 rings (SSSR count). The lowest BCUT2D eigenvalue weighted by Crippen LogP contribution is -2.35. The predicted octanol–water partition coefficient (Wildman–Crippen LogP) is 3.85. The average Bonchev–Trinajstić information content (AvgIpc) is 3.11. The number of para-hydroxylation sites is 1. The number of ether oxygens (including phenoxy) is 1. The molecule has 0 saturated carbocycles. The summed E-state index contributed by atoms with van der Waals surface area (Å²) in [5, 5.41) is 8.77. The van der Waals surface area contributed by atoms with Crippen molar-refractivity contribution in [2.24, 2.45) is 7.05 Å². The Balaban J connectivity index is 1.53. The molecule has 0 unspecified atom stereocenters. The first-order valence-electron chi connectivity index (χ1n) is 9.91. The largest absolute Gasteiger partial charge is 0.433 e. The molecule has 0 saturated heterocycles. The number of carbonyl (C=O) groups excluding carboxylic acids is 1. The van der Waals surface area contributed by atoms with Crippen molar-refractivity contribution in [1.82, 2.24) is 25.1 Å². The maximum absolute atomic E-state index is 13.2. The molecular weight excluding hydrogens is 423 g/mol. The van der Waals surface area contributed by atoms with E-state index in [1.54, 1.807) is 11.7 Å². The second-order valence-electron chi connectivity index (χ2n) is 7.68. The van der Waals surface area contributed by atoms with Crippen molar-refractivity contribution in [2.45, 2.75) is 25.7 Å². The van der Waals surface area contributed by atoms with Gasteiger partial charge in [0.2, 0.25) is 0 Å². The minimum absolute atomic E-state index is 0.0485. The first-order chi connectivity index (χ1) is 15.2. The fourth-order valence-corrected chi connectivity index (χ4v) is 4.15. The van der Waals surface area contributed by atoms with E-state index < -0.39 is 23.8 Å². The lowest BCUT2D eigenvalue weighted by atomic mass is 10.0. The Labute approximate surface area is 180 Å². The van der Waals surface area contributed by atoms with Crippen LogP contribution >= 0.6 is 0 Å². The molecule has 32 heavy (non-hydrogen) atoms. The van der Waals surface area contributed by atoms with Crippen molar-refractivity contribution in [1.29, 1.82) is 0 Å². The summed E-state index contributed by atoms with van der Waals surface area (Å²) in [7, 11) is 1.76. The van der Waals surface area contributed by atoms with Crippen LogP contribution in [0, 0.1) is 6.92 Å². The highest BCUT2D eigenvalue weighted by molar-refractivity contribution is 6.13. The molecular formula is C22H18F3N5O2. The average molecular weight is 441 g/mol. The summed E-state index contributed by atoms with van der Waals surface area (Å²) >= 11 is 0. The molecule has 4 aromatic rings. The summed E-state index contributed by atoms with van der Waals surface area (Å²) in [6, 6.07) is 9.21. The van der Waals surface area contributed by atoms with Crippen LogP contribution in [0.3, 0.4) is 0 Å². The number of benzene rings is 1. The lowest BCUT2D eigenvalue weighted by molar-refractivity contribution is -0.141.